The molecule has 1 N–H and O–H groups in total. The summed E-state index contributed by atoms with van der Waals surface area (Å²) in [5.74, 6) is -0.100. The number of nitrogens with zero attached hydrogens (tertiary/aromatic N) is 3. The summed E-state index contributed by atoms with van der Waals surface area (Å²) >= 11 is 0. The fourth-order valence-corrected chi connectivity index (χ4v) is 3.07. The molecule has 0 aliphatic carbocycles. The van der Waals surface area contributed by atoms with Crippen LogP contribution in [0.15, 0.2) is 36.7 Å². The lowest BCUT2D eigenvalue weighted by molar-refractivity contribution is -0.137. The van der Waals surface area contributed by atoms with Crippen molar-refractivity contribution in [2.75, 3.05) is 27.2 Å². The van der Waals surface area contributed by atoms with E-state index >= 15 is 0 Å². The summed E-state index contributed by atoms with van der Waals surface area (Å²) in [6.45, 7) is 1.92. The minimum absolute atomic E-state index is 0.0324. The lowest BCUT2D eigenvalue weighted by atomic mass is 10.1. The molecule has 0 spiro atoms. The van der Waals surface area contributed by atoms with E-state index in [0.29, 0.717) is 13.1 Å². The van der Waals surface area contributed by atoms with Crippen LogP contribution < -0.4 is 5.32 Å². The highest BCUT2D eigenvalue weighted by atomic mass is 16.2. The van der Waals surface area contributed by atoms with Crippen molar-refractivity contribution >= 4 is 22.6 Å². The van der Waals surface area contributed by atoms with Gasteiger partial charge < -0.3 is 10.2 Å². The molecule has 24 heavy (non-hydrogen) atoms. The number of nitrogens with one attached hydrogen (secondary N) is 1. The van der Waals surface area contributed by atoms with Gasteiger partial charge >= 0.3 is 0 Å². The number of aromatic nitrogens is 1. The number of carbonyl (C=O) groups excluding carboxylic acids is 2. The Balaban J connectivity index is 1.70. The summed E-state index contributed by atoms with van der Waals surface area (Å²) in [7, 11) is 3.66. The van der Waals surface area contributed by atoms with Crippen molar-refractivity contribution in [3.8, 4) is 0 Å². The summed E-state index contributed by atoms with van der Waals surface area (Å²) in [6.07, 6.45) is 3.78. The maximum Gasteiger partial charge on any atom is 0.237 e. The van der Waals surface area contributed by atoms with Crippen molar-refractivity contribution in [3.05, 3.63) is 42.2 Å². The predicted octanol–water partition coefficient (Wildman–Crippen LogP) is 1.01. The van der Waals surface area contributed by atoms with Crippen LogP contribution in [0.5, 0.6) is 0 Å². The fourth-order valence-electron chi connectivity index (χ4n) is 3.07. The van der Waals surface area contributed by atoms with Gasteiger partial charge in [0, 0.05) is 44.5 Å². The van der Waals surface area contributed by atoms with Gasteiger partial charge in [-0.2, -0.15) is 0 Å². The molecule has 6 heteroatoms. The van der Waals surface area contributed by atoms with Crippen LogP contribution in [0, 0.1) is 0 Å². The second-order valence-corrected chi connectivity index (χ2v) is 6.26. The smallest absolute Gasteiger partial charge is 0.237 e. The van der Waals surface area contributed by atoms with Crippen LogP contribution in [0.4, 0.5) is 0 Å². The number of fused-ring (bicyclic) bond motifs is 1. The van der Waals surface area contributed by atoms with Crippen LogP contribution in [0.3, 0.4) is 0 Å². The maximum atomic E-state index is 12.5. The zero-order valence-corrected chi connectivity index (χ0v) is 14.0. The van der Waals surface area contributed by atoms with E-state index in [9.17, 15) is 9.59 Å². The third-order valence-corrected chi connectivity index (χ3v) is 4.57. The molecule has 3 rings (SSSR count). The lowest BCUT2D eigenvalue weighted by Gasteiger charge is -2.32. The third-order valence-electron chi connectivity index (χ3n) is 4.57. The van der Waals surface area contributed by atoms with Crippen molar-refractivity contribution in [2.24, 2.45) is 0 Å². The molecular formula is C18H22N4O2. The van der Waals surface area contributed by atoms with Gasteiger partial charge in [-0.3, -0.25) is 19.5 Å². The van der Waals surface area contributed by atoms with E-state index in [2.05, 4.69) is 10.3 Å². The Labute approximate surface area is 141 Å². The minimum Gasteiger partial charge on any atom is -0.353 e. The first-order chi connectivity index (χ1) is 11.6. The summed E-state index contributed by atoms with van der Waals surface area (Å²) in [5.41, 5.74) is 1.08. The van der Waals surface area contributed by atoms with Crippen molar-refractivity contribution in [1.82, 2.24) is 20.1 Å². The topological polar surface area (TPSA) is 65.5 Å². The maximum absolute atomic E-state index is 12.5. The van der Waals surface area contributed by atoms with Crippen LogP contribution in [-0.4, -0.2) is 59.8 Å². The average Bonchev–Trinajstić information content (AvgIpc) is 2.58. The largest absolute Gasteiger partial charge is 0.353 e. The molecule has 1 aliphatic heterocycles. The third kappa shape index (κ3) is 3.38. The minimum atomic E-state index is -0.384. The number of likely N-dealkylation sites (N-methyl/N-ethyl adjacent to an activating group) is 1. The van der Waals surface area contributed by atoms with E-state index in [1.54, 1.807) is 18.1 Å². The van der Waals surface area contributed by atoms with Gasteiger partial charge in [0.15, 0.2) is 0 Å². The van der Waals surface area contributed by atoms with Gasteiger partial charge in [0.05, 0.1) is 12.5 Å². The number of rotatable bonds is 4. The van der Waals surface area contributed by atoms with E-state index in [4.69, 9.17) is 0 Å². The highest BCUT2D eigenvalue weighted by Gasteiger charge is 2.30. The molecule has 0 radical (unpaired) electrons. The second-order valence-electron chi connectivity index (χ2n) is 6.26. The predicted molar refractivity (Wildman–Crippen MR) is 92.3 cm³/mol. The van der Waals surface area contributed by atoms with E-state index in [1.165, 1.54) is 0 Å². The Bertz CT molecular complexity index is 756. The Kier molecular flexibility index (Phi) is 4.76. The molecule has 126 valence electrons. The fraction of sp³-hybridized carbons (Fsp3) is 0.389. The Morgan fingerprint density at radius 1 is 1.42 bits per heavy atom. The zero-order chi connectivity index (χ0) is 17.1. The molecule has 1 fully saturated rings. The molecule has 2 aromatic rings. The molecule has 0 saturated carbocycles. The van der Waals surface area contributed by atoms with Gasteiger partial charge in [0.2, 0.25) is 11.8 Å². The van der Waals surface area contributed by atoms with Gasteiger partial charge in [-0.05, 0) is 24.1 Å². The van der Waals surface area contributed by atoms with Crippen LogP contribution in [0.1, 0.15) is 12.0 Å². The molecule has 1 saturated heterocycles. The standard InChI is InChI=1S/C18H22N4O2/c1-21-9-8-20-18(24)16(21)10-17(23)22(2)12-14-5-3-4-13-11-19-7-6-15(13)14/h3-7,11,16H,8-10,12H2,1-2H3,(H,20,24)/t16-/m1/s1. The van der Waals surface area contributed by atoms with Crippen LogP contribution in [0.25, 0.3) is 10.8 Å². The molecule has 2 heterocycles. The first kappa shape index (κ1) is 16.4. The average molecular weight is 326 g/mol. The van der Waals surface area contributed by atoms with Gasteiger partial charge in [0.1, 0.15) is 0 Å². The van der Waals surface area contributed by atoms with Gasteiger partial charge in [0.25, 0.3) is 0 Å². The first-order valence-corrected chi connectivity index (χ1v) is 8.10. The summed E-state index contributed by atoms with van der Waals surface area (Å²) in [5, 5.41) is 4.98. The van der Waals surface area contributed by atoms with E-state index in [0.717, 1.165) is 22.9 Å². The molecule has 0 unspecified atom stereocenters. The van der Waals surface area contributed by atoms with E-state index in [1.807, 2.05) is 42.4 Å². The molecule has 2 amide bonds. The van der Waals surface area contributed by atoms with Crippen molar-refractivity contribution in [2.45, 2.75) is 19.0 Å². The SMILES string of the molecule is CN(Cc1cccc2cnccc12)C(=O)C[C@@H]1C(=O)NCCN1C. The monoisotopic (exact) mass is 326 g/mol. The number of carbonyl (C=O) groups is 2. The number of amides is 2. The van der Waals surface area contributed by atoms with Crippen molar-refractivity contribution in [3.63, 3.8) is 0 Å². The molecule has 1 aromatic heterocycles. The normalized spacial score (nSPS) is 18.4. The second kappa shape index (κ2) is 6.97. The molecule has 6 nitrogen and oxygen atoms in total. The lowest BCUT2D eigenvalue weighted by Crippen LogP contribution is -2.54. The molecule has 1 aromatic carbocycles. The Hall–Kier alpha value is -2.47. The van der Waals surface area contributed by atoms with Gasteiger partial charge in [-0.25, -0.2) is 0 Å². The van der Waals surface area contributed by atoms with Crippen LogP contribution in [-0.2, 0) is 16.1 Å². The quantitative estimate of drug-likeness (QED) is 0.911. The van der Waals surface area contributed by atoms with E-state index in [-0.39, 0.29) is 24.3 Å². The Morgan fingerprint density at radius 3 is 3.04 bits per heavy atom. The summed E-state index contributed by atoms with van der Waals surface area (Å²) < 4.78 is 0. The number of pyridine rings is 1. The van der Waals surface area contributed by atoms with Crippen molar-refractivity contribution < 1.29 is 9.59 Å². The molecular weight excluding hydrogens is 304 g/mol. The highest BCUT2D eigenvalue weighted by Crippen LogP contribution is 2.19. The summed E-state index contributed by atoms with van der Waals surface area (Å²) in [4.78, 5) is 32.3. The zero-order valence-electron chi connectivity index (χ0n) is 14.0. The van der Waals surface area contributed by atoms with Crippen molar-refractivity contribution in [1.29, 1.82) is 0 Å². The van der Waals surface area contributed by atoms with Crippen LogP contribution in [0.2, 0.25) is 0 Å². The van der Waals surface area contributed by atoms with Crippen LogP contribution >= 0.6 is 0 Å². The van der Waals surface area contributed by atoms with Gasteiger partial charge in [-0.1, -0.05) is 18.2 Å². The van der Waals surface area contributed by atoms with E-state index < -0.39 is 0 Å². The number of piperazine rings is 1. The van der Waals surface area contributed by atoms with Gasteiger partial charge in [-0.15, -0.1) is 0 Å². The molecule has 1 atom stereocenters. The number of hydrogen-bond acceptors (Lipinski definition) is 4. The summed E-state index contributed by atoms with van der Waals surface area (Å²) in [6, 6.07) is 7.58. The highest BCUT2D eigenvalue weighted by molar-refractivity contribution is 5.89. The molecule has 0 bridgehead atoms. The Morgan fingerprint density at radius 2 is 2.25 bits per heavy atom. The first-order valence-electron chi connectivity index (χ1n) is 8.10. The number of hydrogen-bond donors (Lipinski definition) is 1. The number of benzene rings is 1. The molecule has 1 aliphatic rings.